The number of carbonyl (C=O) groups is 1. The number of alkyl halides is 1. The van der Waals surface area contributed by atoms with Crippen LogP contribution in [0.25, 0.3) is 6.08 Å². The average Bonchev–Trinajstić information content (AvgIpc) is 2.20. The molecule has 3 nitrogen and oxygen atoms in total. The first kappa shape index (κ1) is 11.8. The van der Waals surface area contributed by atoms with E-state index in [2.05, 4.69) is 15.9 Å². The van der Waals surface area contributed by atoms with Crippen molar-refractivity contribution in [1.82, 2.24) is 0 Å². The lowest BCUT2D eigenvalue weighted by molar-refractivity contribution is 0.0698. The highest BCUT2D eigenvalue weighted by Crippen LogP contribution is 2.19. The molecule has 0 unspecified atom stereocenters. The Morgan fingerprint density at radius 3 is 2.87 bits per heavy atom. The first-order valence-electron chi connectivity index (χ1n) is 4.51. The molecule has 4 heteroatoms. The van der Waals surface area contributed by atoms with Gasteiger partial charge >= 0.3 is 5.97 Å². The van der Waals surface area contributed by atoms with Crippen LogP contribution in [0.1, 0.15) is 22.3 Å². The molecule has 0 aliphatic carbocycles. The van der Waals surface area contributed by atoms with Gasteiger partial charge in [-0.05, 0) is 18.1 Å². The second kappa shape index (κ2) is 5.56. The lowest BCUT2D eigenvalue weighted by Crippen LogP contribution is -2.03. The van der Waals surface area contributed by atoms with E-state index in [0.29, 0.717) is 5.69 Å². The predicted octanol–water partition coefficient (Wildman–Crippen LogP) is 2.77. The number of nitrogens with two attached hydrogens (primary N) is 1. The van der Waals surface area contributed by atoms with Crippen molar-refractivity contribution in [1.29, 1.82) is 0 Å². The fraction of sp³-hybridized carbons (Fsp3) is 0.182. The number of allylic oxidation sites excluding steroid dienone is 1. The number of hydrogen-bond donors (Lipinski definition) is 2. The summed E-state index contributed by atoms with van der Waals surface area (Å²) in [5.74, 6) is -0.997. The van der Waals surface area contributed by atoms with Crippen LogP contribution < -0.4 is 5.73 Å². The van der Waals surface area contributed by atoms with Crippen LogP contribution in [0.2, 0.25) is 0 Å². The van der Waals surface area contributed by atoms with E-state index < -0.39 is 5.97 Å². The summed E-state index contributed by atoms with van der Waals surface area (Å²) in [6.07, 6.45) is 4.67. The van der Waals surface area contributed by atoms with E-state index in [1.807, 2.05) is 12.2 Å². The molecule has 0 saturated carbocycles. The van der Waals surface area contributed by atoms with E-state index in [0.717, 1.165) is 17.3 Å². The van der Waals surface area contributed by atoms with Gasteiger partial charge in [0.25, 0.3) is 0 Å². The van der Waals surface area contributed by atoms with Crippen LogP contribution in [0.15, 0.2) is 24.3 Å². The van der Waals surface area contributed by atoms with Gasteiger partial charge in [-0.2, -0.15) is 0 Å². The smallest absolute Gasteiger partial charge is 0.337 e. The van der Waals surface area contributed by atoms with Crippen molar-refractivity contribution < 1.29 is 9.90 Å². The number of hydrogen-bond acceptors (Lipinski definition) is 2. The molecule has 0 saturated heterocycles. The quantitative estimate of drug-likeness (QED) is 0.653. The van der Waals surface area contributed by atoms with Crippen molar-refractivity contribution in [2.75, 3.05) is 11.1 Å². The monoisotopic (exact) mass is 269 g/mol. The molecule has 0 amide bonds. The zero-order chi connectivity index (χ0) is 11.3. The lowest BCUT2D eigenvalue weighted by Gasteiger charge is -2.03. The molecule has 0 atom stereocenters. The summed E-state index contributed by atoms with van der Waals surface area (Å²) in [6.45, 7) is 0. The Bertz CT molecular complexity index is 388. The van der Waals surface area contributed by atoms with Gasteiger partial charge in [-0.15, -0.1) is 0 Å². The third-order valence-electron chi connectivity index (χ3n) is 1.94. The van der Waals surface area contributed by atoms with Crippen molar-refractivity contribution in [3.05, 3.63) is 35.4 Å². The third-order valence-corrected chi connectivity index (χ3v) is 2.40. The standard InChI is InChI=1S/C11H12BrNO2/c12-7-2-1-4-8-5-3-6-9(10(8)13)11(14)15/h1,3-6H,2,7,13H2,(H,14,15). The molecule has 1 aromatic carbocycles. The van der Waals surface area contributed by atoms with E-state index in [1.54, 1.807) is 12.1 Å². The minimum atomic E-state index is -0.997. The van der Waals surface area contributed by atoms with Crippen LogP contribution in [0, 0.1) is 0 Å². The summed E-state index contributed by atoms with van der Waals surface area (Å²) >= 11 is 3.30. The number of para-hydroxylation sites is 1. The van der Waals surface area contributed by atoms with E-state index in [4.69, 9.17) is 10.8 Å². The van der Waals surface area contributed by atoms with Gasteiger partial charge in [0.1, 0.15) is 0 Å². The molecule has 0 aromatic heterocycles. The molecule has 0 aliphatic rings. The van der Waals surface area contributed by atoms with Crippen LogP contribution in [-0.2, 0) is 0 Å². The maximum absolute atomic E-state index is 10.8. The minimum Gasteiger partial charge on any atom is -0.478 e. The Hall–Kier alpha value is -1.29. The second-order valence-electron chi connectivity index (χ2n) is 2.99. The molecule has 0 spiro atoms. The van der Waals surface area contributed by atoms with E-state index in [1.165, 1.54) is 6.07 Å². The molecule has 1 aromatic rings. The Morgan fingerprint density at radius 1 is 1.53 bits per heavy atom. The fourth-order valence-electron chi connectivity index (χ4n) is 1.19. The molecule has 3 N–H and O–H groups in total. The number of carboxylic acid groups (broad SMARTS) is 1. The first-order valence-corrected chi connectivity index (χ1v) is 5.63. The van der Waals surface area contributed by atoms with Gasteiger partial charge in [0.2, 0.25) is 0 Å². The van der Waals surface area contributed by atoms with Crippen molar-refractivity contribution in [3.8, 4) is 0 Å². The van der Waals surface area contributed by atoms with Crippen molar-refractivity contribution in [2.45, 2.75) is 6.42 Å². The average molecular weight is 270 g/mol. The lowest BCUT2D eigenvalue weighted by atomic mass is 10.1. The minimum absolute atomic E-state index is 0.149. The van der Waals surface area contributed by atoms with Crippen LogP contribution in [0.4, 0.5) is 5.69 Å². The number of rotatable bonds is 4. The number of carboxylic acids is 1. The predicted molar refractivity (Wildman–Crippen MR) is 65.3 cm³/mol. The number of anilines is 1. The summed E-state index contributed by atoms with van der Waals surface area (Å²) in [7, 11) is 0. The SMILES string of the molecule is Nc1c(C=CCCBr)cccc1C(=O)O. The Labute approximate surface area is 96.7 Å². The first-order chi connectivity index (χ1) is 7.16. The normalized spacial score (nSPS) is 10.7. The molecular weight excluding hydrogens is 258 g/mol. The van der Waals surface area contributed by atoms with E-state index in [-0.39, 0.29) is 5.56 Å². The molecule has 15 heavy (non-hydrogen) atoms. The van der Waals surface area contributed by atoms with Crippen molar-refractivity contribution >= 4 is 33.7 Å². The van der Waals surface area contributed by atoms with Gasteiger partial charge in [0.05, 0.1) is 11.3 Å². The topological polar surface area (TPSA) is 63.3 Å². The van der Waals surface area contributed by atoms with Gasteiger partial charge in [-0.25, -0.2) is 4.79 Å². The summed E-state index contributed by atoms with van der Waals surface area (Å²) in [4.78, 5) is 10.8. The number of nitrogen functional groups attached to an aromatic ring is 1. The van der Waals surface area contributed by atoms with Gasteiger partial charge < -0.3 is 10.8 Å². The molecule has 0 bridgehead atoms. The zero-order valence-electron chi connectivity index (χ0n) is 8.11. The van der Waals surface area contributed by atoms with Gasteiger partial charge in [0, 0.05) is 5.33 Å². The summed E-state index contributed by atoms with van der Waals surface area (Å²) in [6, 6.07) is 4.99. The number of benzene rings is 1. The number of halogens is 1. The maximum atomic E-state index is 10.8. The third kappa shape index (κ3) is 3.09. The largest absolute Gasteiger partial charge is 0.478 e. The molecule has 1 rings (SSSR count). The summed E-state index contributed by atoms with van der Waals surface area (Å²) in [5, 5.41) is 9.73. The zero-order valence-corrected chi connectivity index (χ0v) is 9.70. The molecule has 0 heterocycles. The molecule has 0 fully saturated rings. The van der Waals surface area contributed by atoms with Crippen LogP contribution in [0.5, 0.6) is 0 Å². The molecule has 0 radical (unpaired) electrons. The van der Waals surface area contributed by atoms with Crippen molar-refractivity contribution in [2.24, 2.45) is 0 Å². The Balaban J connectivity index is 2.99. The fourth-order valence-corrected chi connectivity index (χ4v) is 1.45. The maximum Gasteiger partial charge on any atom is 0.337 e. The highest BCUT2D eigenvalue weighted by atomic mass is 79.9. The van der Waals surface area contributed by atoms with E-state index >= 15 is 0 Å². The molecule has 0 aliphatic heterocycles. The summed E-state index contributed by atoms with van der Waals surface area (Å²) < 4.78 is 0. The van der Waals surface area contributed by atoms with Crippen LogP contribution in [0.3, 0.4) is 0 Å². The number of aromatic carboxylic acids is 1. The second-order valence-corrected chi connectivity index (χ2v) is 3.79. The highest BCUT2D eigenvalue weighted by molar-refractivity contribution is 9.09. The Kier molecular flexibility index (Phi) is 4.37. The molecular formula is C11H12BrNO2. The van der Waals surface area contributed by atoms with E-state index in [9.17, 15) is 4.79 Å². The molecule has 80 valence electrons. The van der Waals surface area contributed by atoms with Gasteiger partial charge in [0.15, 0.2) is 0 Å². The highest BCUT2D eigenvalue weighted by Gasteiger charge is 2.08. The van der Waals surface area contributed by atoms with Crippen LogP contribution >= 0.6 is 15.9 Å². The van der Waals surface area contributed by atoms with Crippen LogP contribution in [-0.4, -0.2) is 16.4 Å². The van der Waals surface area contributed by atoms with Gasteiger partial charge in [-0.3, -0.25) is 0 Å². The summed E-state index contributed by atoms with van der Waals surface area (Å²) in [5.41, 5.74) is 6.93. The Morgan fingerprint density at radius 2 is 2.27 bits per heavy atom. The van der Waals surface area contributed by atoms with Crippen molar-refractivity contribution in [3.63, 3.8) is 0 Å². The van der Waals surface area contributed by atoms with Gasteiger partial charge in [-0.1, -0.05) is 40.2 Å².